The molecule has 0 radical (unpaired) electrons. The molecule has 0 bridgehead atoms. The van der Waals surface area contributed by atoms with Crippen molar-refractivity contribution in [2.75, 3.05) is 33.2 Å². The average Bonchev–Trinajstić information content (AvgIpc) is 2.70. The Balaban J connectivity index is 2.60. The summed E-state index contributed by atoms with van der Waals surface area (Å²) in [5.41, 5.74) is 0. The van der Waals surface area contributed by atoms with E-state index in [9.17, 15) is 9.59 Å². The average molecular weight is 243 g/mol. The maximum Gasteiger partial charge on any atom is 0.326 e. The van der Waals surface area contributed by atoms with Crippen LogP contribution in [0.15, 0.2) is 0 Å². The van der Waals surface area contributed by atoms with E-state index < -0.39 is 12.0 Å². The second-order valence-corrected chi connectivity index (χ2v) is 4.34. The van der Waals surface area contributed by atoms with Crippen LogP contribution in [-0.2, 0) is 9.59 Å². The lowest BCUT2D eigenvalue weighted by atomic mass is 10.1. The summed E-state index contributed by atoms with van der Waals surface area (Å²) in [6, 6.07) is -0.667. The smallest absolute Gasteiger partial charge is 0.326 e. The Bertz CT molecular complexity index is 283. The van der Waals surface area contributed by atoms with Gasteiger partial charge < -0.3 is 20.6 Å². The predicted molar refractivity (Wildman–Crippen MR) is 63.7 cm³/mol. The van der Waals surface area contributed by atoms with Gasteiger partial charge in [-0.25, -0.2) is 4.79 Å². The van der Waals surface area contributed by atoms with E-state index >= 15 is 0 Å². The zero-order valence-electron chi connectivity index (χ0n) is 10.4. The Labute approximate surface area is 101 Å². The van der Waals surface area contributed by atoms with Crippen molar-refractivity contribution in [3.05, 3.63) is 0 Å². The molecular weight excluding hydrogens is 222 g/mol. The molecule has 1 aliphatic heterocycles. The molecule has 0 aromatic heterocycles. The minimum atomic E-state index is -0.909. The highest BCUT2D eigenvalue weighted by atomic mass is 16.4. The first kappa shape index (κ1) is 13.9. The number of carboxylic acids is 1. The van der Waals surface area contributed by atoms with Gasteiger partial charge in [-0.05, 0) is 32.5 Å². The van der Waals surface area contributed by atoms with Crippen LogP contribution in [0.4, 0.5) is 0 Å². The summed E-state index contributed by atoms with van der Waals surface area (Å²) in [5.74, 6) is -0.807. The monoisotopic (exact) mass is 243 g/mol. The van der Waals surface area contributed by atoms with Gasteiger partial charge in [-0.15, -0.1) is 0 Å². The van der Waals surface area contributed by atoms with Crippen molar-refractivity contribution in [2.24, 2.45) is 5.92 Å². The zero-order chi connectivity index (χ0) is 12.8. The number of carbonyl (C=O) groups is 2. The summed E-state index contributed by atoms with van der Waals surface area (Å²) in [6.45, 7) is 4.11. The Kier molecular flexibility index (Phi) is 5.37. The fraction of sp³-hybridized carbons (Fsp3) is 0.818. The molecule has 0 aromatic carbocycles. The standard InChI is InChI=1S/C11H21N3O3/c1-3-13-6-10(15)14-7-8(5-12-2)4-9(14)11(16)17/h8-9,12-13H,3-7H2,1-2H3,(H,16,17). The van der Waals surface area contributed by atoms with Gasteiger partial charge in [0.15, 0.2) is 0 Å². The molecule has 98 valence electrons. The van der Waals surface area contributed by atoms with E-state index in [1.54, 1.807) is 0 Å². The van der Waals surface area contributed by atoms with Crippen molar-refractivity contribution in [3.63, 3.8) is 0 Å². The quantitative estimate of drug-likeness (QED) is 0.564. The van der Waals surface area contributed by atoms with Gasteiger partial charge in [-0.1, -0.05) is 6.92 Å². The third-order valence-electron chi connectivity index (χ3n) is 3.01. The molecule has 1 saturated heterocycles. The fourth-order valence-electron chi connectivity index (χ4n) is 2.20. The van der Waals surface area contributed by atoms with Crippen LogP contribution in [0, 0.1) is 5.92 Å². The van der Waals surface area contributed by atoms with Crippen LogP contribution in [0.25, 0.3) is 0 Å². The minimum Gasteiger partial charge on any atom is -0.480 e. The van der Waals surface area contributed by atoms with E-state index in [4.69, 9.17) is 5.11 Å². The van der Waals surface area contributed by atoms with E-state index in [2.05, 4.69) is 10.6 Å². The SMILES string of the molecule is CCNCC(=O)N1CC(CNC)CC1C(=O)O. The van der Waals surface area contributed by atoms with Crippen LogP contribution < -0.4 is 10.6 Å². The van der Waals surface area contributed by atoms with Gasteiger partial charge in [-0.2, -0.15) is 0 Å². The third kappa shape index (κ3) is 3.67. The number of likely N-dealkylation sites (N-methyl/N-ethyl adjacent to an activating group) is 1. The van der Waals surface area contributed by atoms with Crippen LogP contribution in [0.3, 0.4) is 0 Å². The first-order valence-electron chi connectivity index (χ1n) is 5.97. The molecule has 0 saturated carbocycles. The van der Waals surface area contributed by atoms with E-state index in [1.807, 2.05) is 14.0 Å². The van der Waals surface area contributed by atoms with E-state index in [-0.39, 0.29) is 18.4 Å². The third-order valence-corrected chi connectivity index (χ3v) is 3.01. The summed E-state index contributed by atoms with van der Waals surface area (Å²) in [7, 11) is 1.83. The Morgan fingerprint density at radius 2 is 2.18 bits per heavy atom. The Morgan fingerprint density at radius 1 is 1.47 bits per heavy atom. The highest BCUT2D eigenvalue weighted by Gasteiger charge is 2.38. The molecule has 1 rings (SSSR count). The zero-order valence-corrected chi connectivity index (χ0v) is 10.4. The van der Waals surface area contributed by atoms with Crippen molar-refractivity contribution in [2.45, 2.75) is 19.4 Å². The second kappa shape index (κ2) is 6.56. The molecule has 6 heteroatoms. The largest absolute Gasteiger partial charge is 0.480 e. The molecule has 0 aromatic rings. The molecule has 17 heavy (non-hydrogen) atoms. The summed E-state index contributed by atoms with van der Waals surface area (Å²) in [4.78, 5) is 24.4. The summed E-state index contributed by atoms with van der Waals surface area (Å²) < 4.78 is 0. The first-order valence-corrected chi connectivity index (χ1v) is 5.97. The van der Waals surface area contributed by atoms with Gasteiger partial charge in [-0.3, -0.25) is 4.79 Å². The predicted octanol–water partition coefficient (Wildman–Crippen LogP) is -0.883. The van der Waals surface area contributed by atoms with Crippen LogP contribution in [0.5, 0.6) is 0 Å². The van der Waals surface area contributed by atoms with Crippen molar-refractivity contribution in [3.8, 4) is 0 Å². The fourth-order valence-corrected chi connectivity index (χ4v) is 2.20. The number of hydrogen-bond donors (Lipinski definition) is 3. The molecular formula is C11H21N3O3. The molecule has 0 spiro atoms. The molecule has 2 atom stereocenters. The van der Waals surface area contributed by atoms with Crippen molar-refractivity contribution in [1.82, 2.24) is 15.5 Å². The van der Waals surface area contributed by atoms with E-state index in [0.717, 1.165) is 6.54 Å². The number of amides is 1. The lowest BCUT2D eigenvalue weighted by Gasteiger charge is -2.21. The molecule has 3 N–H and O–H groups in total. The Morgan fingerprint density at radius 3 is 2.71 bits per heavy atom. The van der Waals surface area contributed by atoms with Crippen LogP contribution in [0.2, 0.25) is 0 Å². The van der Waals surface area contributed by atoms with Gasteiger partial charge in [0, 0.05) is 6.54 Å². The lowest BCUT2D eigenvalue weighted by Crippen LogP contribution is -2.44. The lowest BCUT2D eigenvalue weighted by molar-refractivity contribution is -0.147. The van der Waals surface area contributed by atoms with Crippen molar-refractivity contribution < 1.29 is 14.7 Å². The van der Waals surface area contributed by atoms with Crippen LogP contribution in [-0.4, -0.2) is 61.2 Å². The number of rotatable bonds is 6. The number of nitrogens with one attached hydrogen (secondary N) is 2. The van der Waals surface area contributed by atoms with E-state index in [0.29, 0.717) is 19.5 Å². The Hall–Kier alpha value is -1.14. The van der Waals surface area contributed by atoms with Gasteiger partial charge in [0.1, 0.15) is 6.04 Å². The summed E-state index contributed by atoms with van der Waals surface area (Å²) in [5, 5.41) is 15.1. The maximum absolute atomic E-state index is 11.8. The minimum absolute atomic E-state index is 0.127. The molecule has 1 amide bonds. The second-order valence-electron chi connectivity index (χ2n) is 4.34. The van der Waals surface area contributed by atoms with Crippen molar-refractivity contribution in [1.29, 1.82) is 0 Å². The summed E-state index contributed by atoms with van der Waals surface area (Å²) >= 11 is 0. The number of aliphatic carboxylic acids is 1. The van der Waals surface area contributed by atoms with Crippen LogP contribution in [0.1, 0.15) is 13.3 Å². The molecule has 0 aliphatic carbocycles. The van der Waals surface area contributed by atoms with E-state index in [1.165, 1.54) is 4.90 Å². The molecule has 2 unspecified atom stereocenters. The first-order chi connectivity index (χ1) is 8.10. The number of carbonyl (C=O) groups excluding carboxylic acids is 1. The number of carboxylic acid groups (broad SMARTS) is 1. The van der Waals surface area contributed by atoms with Gasteiger partial charge in [0.05, 0.1) is 6.54 Å². The topological polar surface area (TPSA) is 81.7 Å². The van der Waals surface area contributed by atoms with Gasteiger partial charge in [0.25, 0.3) is 0 Å². The normalized spacial score (nSPS) is 24.0. The van der Waals surface area contributed by atoms with Gasteiger partial charge in [0.2, 0.25) is 5.91 Å². The highest BCUT2D eigenvalue weighted by molar-refractivity contribution is 5.85. The summed E-state index contributed by atoms with van der Waals surface area (Å²) in [6.07, 6.45) is 0.536. The number of hydrogen-bond acceptors (Lipinski definition) is 4. The maximum atomic E-state index is 11.8. The molecule has 6 nitrogen and oxygen atoms in total. The highest BCUT2D eigenvalue weighted by Crippen LogP contribution is 2.23. The van der Waals surface area contributed by atoms with Crippen molar-refractivity contribution >= 4 is 11.9 Å². The number of likely N-dealkylation sites (tertiary alicyclic amines) is 1. The number of nitrogens with zero attached hydrogens (tertiary/aromatic N) is 1. The molecule has 1 heterocycles. The molecule has 1 aliphatic rings. The van der Waals surface area contributed by atoms with Gasteiger partial charge >= 0.3 is 5.97 Å². The van der Waals surface area contributed by atoms with Crippen LogP contribution >= 0.6 is 0 Å². The molecule has 1 fully saturated rings.